The molecule has 0 aliphatic carbocycles. The van der Waals surface area contributed by atoms with Crippen LogP contribution in [0.25, 0.3) is 0 Å². The van der Waals surface area contributed by atoms with Gasteiger partial charge in [0.05, 0.1) is 26.4 Å². The summed E-state index contributed by atoms with van der Waals surface area (Å²) in [6.07, 6.45) is 89.1. The van der Waals surface area contributed by atoms with E-state index in [1.165, 1.54) is 366 Å². The molecule has 0 fully saturated rings. The second kappa shape index (κ2) is 90.3. The third-order valence-corrected chi connectivity index (χ3v) is 25.5. The minimum Gasteiger partial charge on any atom is -0.462 e. The number of phosphoric ester groups is 2. The molecule has 0 heterocycles. The Labute approximate surface area is 721 Å². The predicted molar refractivity (Wildman–Crippen MR) is 488 cm³/mol. The number of aliphatic hydroxyl groups excluding tert-OH is 1. The average molecular weight is 1700 g/mol. The molecule has 0 saturated heterocycles. The number of hydrogen-bond acceptors (Lipinski definition) is 15. The Morgan fingerprint density at radius 3 is 0.607 bits per heavy atom. The summed E-state index contributed by atoms with van der Waals surface area (Å²) >= 11 is 0. The Balaban J connectivity index is 5.23. The van der Waals surface area contributed by atoms with Gasteiger partial charge in [-0.05, 0) is 31.6 Å². The van der Waals surface area contributed by atoms with Gasteiger partial charge in [-0.3, -0.25) is 37.3 Å². The molecule has 0 aliphatic heterocycles. The average Bonchev–Trinajstić information content (AvgIpc) is 0.895. The monoisotopic (exact) mass is 1700 g/mol. The van der Waals surface area contributed by atoms with Gasteiger partial charge >= 0.3 is 39.5 Å². The first-order valence-corrected chi connectivity index (χ1v) is 53.7. The van der Waals surface area contributed by atoms with Gasteiger partial charge in [0.15, 0.2) is 12.2 Å². The molecule has 117 heavy (non-hydrogen) atoms. The topological polar surface area (TPSA) is 237 Å². The summed E-state index contributed by atoms with van der Waals surface area (Å²) in [5.74, 6) is -1.21. The zero-order valence-electron chi connectivity index (χ0n) is 77.4. The van der Waals surface area contributed by atoms with Gasteiger partial charge in [0, 0.05) is 25.7 Å². The molecule has 0 aliphatic rings. The number of unbranched alkanes of at least 4 members (excludes halogenated alkanes) is 69. The molecule has 3 N–H and O–H groups in total. The van der Waals surface area contributed by atoms with Crippen molar-refractivity contribution in [3.63, 3.8) is 0 Å². The van der Waals surface area contributed by atoms with E-state index < -0.39 is 97.5 Å². The number of aliphatic hydroxyl groups is 1. The Kier molecular flexibility index (Phi) is 88.8. The Morgan fingerprint density at radius 1 is 0.239 bits per heavy atom. The zero-order valence-corrected chi connectivity index (χ0v) is 79.2. The molecule has 0 aromatic carbocycles. The Morgan fingerprint density at radius 2 is 0.410 bits per heavy atom. The van der Waals surface area contributed by atoms with Crippen LogP contribution in [0, 0.1) is 5.92 Å². The van der Waals surface area contributed by atoms with Gasteiger partial charge in [-0.2, -0.15) is 0 Å². The third-order valence-electron chi connectivity index (χ3n) is 23.6. The van der Waals surface area contributed by atoms with E-state index in [9.17, 15) is 43.2 Å². The lowest BCUT2D eigenvalue weighted by atomic mass is 9.99. The second-order valence-electron chi connectivity index (χ2n) is 35.4. The third kappa shape index (κ3) is 90.1. The van der Waals surface area contributed by atoms with E-state index in [-0.39, 0.29) is 25.7 Å². The summed E-state index contributed by atoms with van der Waals surface area (Å²) in [5, 5.41) is 10.7. The molecule has 17 nitrogen and oxygen atoms in total. The standard InChI is InChI=1S/C98H192O17P2/c1-6-10-13-16-19-22-25-28-30-32-34-36-38-39-44-48-52-57-62-67-72-77-82-96(101)109-88-94(115-98(103)84-79-74-69-64-59-54-50-46-42-41-43-47-51-55-60-65-70-75-80-91(5)9-4)90-113-117(106,107)111-86-92(99)85-110-116(104,105)112-89-93(87-108-95(100)81-76-71-66-61-56-27-24-21-18-15-12-8-3)114-97(102)83-78-73-68-63-58-53-49-45-40-37-35-33-31-29-26-23-20-17-14-11-7-2/h91-94,99H,6-90H2,1-5H3,(H,104,105)(H,106,107)/t91?,92-,93+,94+/m0/s1. The maximum absolute atomic E-state index is 13.2. The van der Waals surface area contributed by atoms with Gasteiger partial charge in [-0.15, -0.1) is 0 Å². The number of esters is 4. The number of rotatable bonds is 98. The summed E-state index contributed by atoms with van der Waals surface area (Å²) in [4.78, 5) is 73.6. The first kappa shape index (κ1) is 115. The smallest absolute Gasteiger partial charge is 0.462 e. The summed E-state index contributed by atoms with van der Waals surface area (Å²) in [6.45, 7) is 7.50. The van der Waals surface area contributed by atoms with Crippen molar-refractivity contribution in [1.82, 2.24) is 0 Å². The highest BCUT2D eigenvalue weighted by molar-refractivity contribution is 7.47. The molecule has 0 aromatic rings. The molecule has 0 aromatic heterocycles. The number of carbonyl (C=O) groups excluding carboxylic acids is 4. The number of ether oxygens (including phenoxy) is 4. The first-order chi connectivity index (χ1) is 57.1. The van der Waals surface area contributed by atoms with Crippen LogP contribution in [0.1, 0.15) is 542 Å². The van der Waals surface area contributed by atoms with Crippen molar-refractivity contribution in [3.8, 4) is 0 Å². The molecule has 0 radical (unpaired) electrons. The van der Waals surface area contributed by atoms with E-state index in [0.717, 1.165) is 95.8 Å². The molecular formula is C98H192O17P2. The number of carbonyl (C=O) groups is 4. The SMILES string of the molecule is CCCCCCCCCCCCCCCCCCCCCCCCC(=O)OC[C@H](COP(=O)(O)OC[C@@H](O)COP(=O)(O)OC[C@@H](COC(=O)CCCCCCCCCCCCCC)OC(=O)CCCCCCCCCCCCCCCCCCCCCCC)OC(=O)CCCCCCCCCCCCCCCCCCCCC(C)CC. The Bertz CT molecular complexity index is 2210. The second-order valence-corrected chi connectivity index (χ2v) is 38.3. The van der Waals surface area contributed by atoms with Gasteiger partial charge in [0.2, 0.25) is 0 Å². The van der Waals surface area contributed by atoms with Crippen LogP contribution in [0.5, 0.6) is 0 Å². The van der Waals surface area contributed by atoms with Gasteiger partial charge in [-0.25, -0.2) is 9.13 Å². The van der Waals surface area contributed by atoms with Crippen LogP contribution in [-0.4, -0.2) is 96.7 Å². The van der Waals surface area contributed by atoms with E-state index in [0.29, 0.717) is 25.7 Å². The van der Waals surface area contributed by atoms with Crippen LogP contribution in [0.2, 0.25) is 0 Å². The van der Waals surface area contributed by atoms with Crippen molar-refractivity contribution in [2.75, 3.05) is 39.6 Å². The highest BCUT2D eigenvalue weighted by Gasteiger charge is 2.31. The number of hydrogen-bond donors (Lipinski definition) is 3. The van der Waals surface area contributed by atoms with Crippen LogP contribution >= 0.6 is 15.6 Å². The predicted octanol–water partition coefficient (Wildman–Crippen LogP) is 31.1. The van der Waals surface area contributed by atoms with E-state index in [1.54, 1.807) is 0 Å². The Hall–Kier alpha value is -1.94. The van der Waals surface area contributed by atoms with Crippen molar-refractivity contribution >= 4 is 39.5 Å². The van der Waals surface area contributed by atoms with Gasteiger partial charge in [0.1, 0.15) is 19.3 Å². The molecule has 0 amide bonds. The van der Waals surface area contributed by atoms with Gasteiger partial charge in [-0.1, -0.05) is 490 Å². The minimum absolute atomic E-state index is 0.110. The van der Waals surface area contributed by atoms with Crippen molar-refractivity contribution in [2.45, 2.75) is 560 Å². The van der Waals surface area contributed by atoms with Crippen molar-refractivity contribution in [1.29, 1.82) is 0 Å². The molecule has 0 saturated carbocycles. The molecule has 6 atom stereocenters. The molecule has 0 spiro atoms. The van der Waals surface area contributed by atoms with E-state index >= 15 is 0 Å². The molecule has 696 valence electrons. The van der Waals surface area contributed by atoms with Crippen molar-refractivity contribution < 1.29 is 80.2 Å². The number of phosphoric acid groups is 2. The lowest BCUT2D eigenvalue weighted by Gasteiger charge is -2.21. The van der Waals surface area contributed by atoms with Gasteiger partial charge < -0.3 is 33.8 Å². The van der Waals surface area contributed by atoms with Crippen LogP contribution in [0.4, 0.5) is 0 Å². The zero-order chi connectivity index (χ0) is 85.4. The van der Waals surface area contributed by atoms with Crippen LogP contribution in [0.3, 0.4) is 0 Å². The fourth-order valence-corrected chi connectivity index (χ4v) is 17.1. The lowest BCUT2D eigenvalue weighted by molar-refractivity contribution is -0.161. The van der Waals surface area contributed by atoms with Crippen LogP contribution in [0.15, 0.2) is 0 Å². The van der Waals surface area contributed by atoms with Crippen LogP contribution < -0.4 is 0 Å². The molecular weight excluding hydrogens is 1510 g/mol. The quantitative estimate of drug-likeness (QED) is 0.0222. The summed E-state index contributed by atoms with van der Waals surface area (Å²) in [7, 11) is -9.94. The van der Waals surface area contributed by atoms with E-state index in [2.05, 4.69) is 34.6 Å². The van der Waals surface area contributed by atoms with E-state index in [4.69, 9.17) is 37.0 Å². The highest BCUT2D eigenvalue weighted by atomic mass is 31.2. The molecule has 0 rings (SSSR count). The highest BCUT2D eigenvalue weighted by Crippen LogP contribution is 2.45. The van der Waals surface area contributed by atoms with Crippen molar-refractivity contribution in [2.24, 2.45) is 5.92 Å². The lowest BCUT2D eigenvalue weighted by Crippen LogP contribution is -2.30. The fourth-order valence-electron chi connectivity index (χ4n) is 15.6. The maximum atomic E-state index is 13.2. The summed E-state index contributed by atoms with van der Waals surface area (Å²) < 4.78 is 69.3. The van der Waals surface area contributed by atoms with E-state index in [1.807, 2.05) is 0 Å². The normalized spacial score (nSPS) is 13.8. The largest absolute Gasteiger partial charge is 0.472 e. The first-order valence-electron chi connectivity index (χ1n) is 50.7. The fraction of sp³-hybridized carbons (Fsp3) is 0.959. The van der Waals surface area contributed by atoms with Crippen LogP contribution in [-0.2, 0) is 65.4 Å². The molecule has 19 heteroatoms. The summed E-state index contributed by atoms with van der Waals surface area (Å²) in [5.41, 5.74) is 0. The molecule has 0 bridgehead atoms. The van der Waals surface area contributed by atoms with Crippen molar-refractivity contribution in [3.05, 3.63) is 0 Å². The summed E-state index contributed by atoms with van der Waals surface area (Å²) in [6, 6.07) is 0. The minimum atomic E-state index is -4.97. The maximum Gasteiger partial charge on any atom is 0.472 e. The van der Waals surface area contributed by atoms with Gasteiger partial charge in [0.25, 0.3) is 0 Å². The molecule has 3 unspecified atom stereocenters.